The van der Waals surface area contributed by atoms with Crippen molar-refractivity contribution in [1.29, 1.82) is 0 Å². The van der Waals surface area contributed by atoms with Crippen LogP contribution in [-0.4, -0.2) is 24.7 Å². The fourth-order valence-electron chi connectivity index (χ4n) is 2.63. The van der Waals surface area contributed by atoms with E-state index in [0.29, 0.717) is 28.7 Å². The van der Waals surface area contributed by atoms with E-state index in [1.807, 2.05) is 11.5 Å². The van der Waals surface area contributed by atoms with Crippen molar-refractivity contribution in [3.05, 3.63) is 47.9 Å². The molecule has 0 amide bonds. The van der Waals surface area contributed by atoms with Crippen molar-refractivity contribution in [2.75, 3.05) is 0 Å². The molecule has 128 valence electrons. The van der Waals surface area contributed by atoms with Gasteiger partial charge in [-0.25, -0.2) is 18.7 Å². The topological polar surface area (TPSA) is 56.5 Å². The second kappa shape index (κ2) is 6.51. The molecule has 0 aliphatic heterocycles. The molecule has 2 heterocycles. The van der Waals surface area contributed by atoms with Crippen molar-refractivity contribution in [3.63, 3.8) is 0 Å². The molecule has 1 saturated carbocycles. The Morgan fingerprint density at radius 3 is 2.68 bits per heavy atom. The molecule has 1 fully saturated rings. The van der Waals surface area contributed by atoms with Crippen LogP contribution in [0.3, 0.4) is 0 Å². The lowest BCUT2D eigenvalue weighted by Gasteiger charge is -2.09. The lowest BCUT2D eigenvalue weighted by atomic mass is 10.2. The number of halogens is 2. The molecule has 3 aromatic rings. The van der Waals surface area contributed by atoms with E-state index >= 15 is 0 Å². The van der Waals surface area contributed by atoms with Gasteiger partial charge in [-0.05, 0) is 43.2 Å². The fraction of sp³-hybridized carbons (Fsp3) is 0.294. The maximum absolute atomic E-state index is 14.4. The Morgan fingerprint density at radius 2 is 1.96 bits per heavy atom. The quantitative estimate of drug-likeness (QED) is 0.643. The molecule has 0 N–H and O–H groups in total. The third kappa shape index (κ3) is 3.02. The number of hydrogen-bond acceptors (Lipinski definition) is 5. The maximum Gasteiger partial charge on any atom is 0.198 e. The summed E-state index contributed by atoms with van der Waals surface area (Å²) in [6, 6.07) is 6.67. The van der Waals surface area contributed by atoms with E-state index in [2.05, 4.69) is 20.2 Å². The SMILES string of the molecule is CCc1ncnc(Sc2nnc(-c3ccccc3F)n2C2CC2)c1F. The number of nitrogens with zero attached hydrogens (tertiary/aromatic N) is 5. The minimum absolute atomic E-state index is 0.209. The van der Waals surface area contributed by atoms with Crippen LogP contribution in [0, 0.1) is 11.6 Å². The van der Waals surface area contributed by atoms with Crippen molar-refractivity contribution in [2.24, 2.45) is 0 Å². The number of rotatable bonds is 5. The predicted molar refractivity (Wildman–Crippen MR) is 89.2 cm³/mol. The first-order valence-corrected chi connectivity index (χ1v) is 8.87. The van der Waals surface area contributed by atoms with Gasteiger partial charge in [0.15, 0.2) is 16.8 Å². The predicted octanol–water partition coefficient (Wildman–Crippen LogP) is 4.06. The molecule has 0 radical (unpaired) electrons. The standard InChI is InChI=1S/C17H15F2N5S/c1-2-13-14(19)16(21-9-20-13)25-17-23-22-15(24(17)10-7-8-10)11-5-3-4-6-12(11)18/h3-6,9-10H,2,7-8H2,1H3. The van der Waals surface area contributed by atoms with Crippen LogP contribution in [0.2, 0.25) is 0 Å². The number of benzene rings is 1. The molecular weight excluding hydrogens is 344 g/mol. The zero-order valence-electron chi connectivity index (χ0n) is 13.5. The van der Waals surface area contributed by atoms with E-state index in [4.69, 9.17) is 0 Å². The Hall–Kier alpha value is -2.35. The summed E-state index contributed by atoms with van der Waals surface area (Å²) in [5.41, 5.74) is 0.760. The van der Waals surface area contributed by atoms with Crippen LogP contribution in [0.4, 0.5) is 8.78 Å². The molecule has 4 rings (SSSR count). The molecule has 5 nitrogen and oxygen atoms in total. The van der Waals surface area contributed by atoms with Gasteiger partial charge in [-0.1, -0.05) is 19.1 Å². The number of aryl methyl sites for hydroxylation is 1. The van der Waals surface area contributed by atoms with E-state index in [1.165, 1.54) is 12.4 Å². The third-order valence-corrected chi connectivity index (χ3v) is 4.98. The largest absolute Gasteiger partial charge is 0.299 e. The van der Waals surface area contributed by atoms with Crippen LogP contribution < -0.4 is 0 Å². The van der Waals surface area contributed by atoms with E-state index in [0.717, 1.165) is 24.6 Å². The highest BCUT2D eigenvalue weighted by atomic mass is 32.2. The van der Waals surface area contributed by atoms with Crippen LogP contribution in [-0.2, 0) is 6.42 Å². The maximum atomic E-state index is 14.4. The molecule has 0 unspecified atom stereocenters. The summed E-state index contributed by atoms with van der Waals surface area (Å²) in [6.07, 6.45) is 3.77. The third-order valence-electron chi connectivity index (χ3n) is 4.04. The van der Waals surface area contributed by atoms with E-state index in [9.17, 15) is 8.78 Å². The Morgan fingerprint density at radius 1 is 1.16 bits per heavy atom. The summed E-state index contributed by atoms with van der Waals surface area (Å²) in [6.45, 7) is 1.84. The van der Waals surface area contributed by atoms with Crippen LogP contribution in [0.5, 0.6) is 0 Å². The molecule has 1 aliphatic carbocycles. The zero-order valence-corrected chi connectivity index (χ0v) is 14.3. The molecule has 0 spiro atoms. The minimum Gasteiger partial charge on any atom is -0.299 e. The Balaban J connectivity index is 1.76. The van der Waals surface area contributed by atoms with Crippen molar-refractivity contribution >= 4 is 11.8 Å². The highest BCUT2D eigenvalue weighted by molar-refractivity contribution is 7.99. The van der Waals surface area contributed by atoms with Gasteiger partial charge in [-0.15, -0.1) is 10.2 Å². The highest BCUT2D eigenvalue weighted by Crippen LogP contribution is 2.42. The first kappa shape index (κ1) is 16.1. The molecule has 25 heavy (non-hydrogen) atoms. The summed E-state index contributed by atoms with van der Waals surface area (Å²) in [5, 5.41) is 9.06. The van der Waals surface area contributed by atoms with Crippen LogP contribution >= 0.6 is 11.8 Å². The second-order valence-corrected chi connectivity index (χ2v) is 6.74. The molecule has 2 aromatic heterocycles. The van der Waals surface area contributed by atoms with Gasteiger partial charge < -0.3 is 0 Å². The average Bonchev–Trinajstić information content (AvgIpc) is 3.38. The second-order valence-electron chi connectivity index (χ2n) is 5.78. The monoisotopic (exact) mass is 359 g/mol. The van der Waals surface area contributed by atoms with Gasteiger partial charge in [0.1, 0.15) is 17.2 Å². The summed E-state index contributed by atoms with van der Waals surface area (Å²) < 4.78 is 30.5. The summed E-state index contributed by atoms with van der Waals surface area (Å²) >= 11 is 1.10. The molecule has 1 aromatic carbocycles. The van der Waals surface area contributed by atoms with Gasteiger partial charge in [-0.3, -0.25) is 4.57 Å². The lowest BCUT2D eigenvalue weighted by molar-refractivity contribution is 0.558. The normalized spacial score (nSPS) is 14.0. The highest BCUT2D eigenvalue weighted by Gasteiger charge is 2.31. The van der Waals surface area contributed by atoms with Gasteiger partial charge in [-0.2, -0.15) is 0 Å². The van der Waals surface area contributed by atoms with Crippen molar-refractivity contribution in [2.45, 2.75) is 42.4 Å². The molecule has 1 aliphatic rings. The first-order valence-electron chi connectivity index (χ1n) is 8.06. The van der Waals surface area contributed by atoms with Gasteiger partial charge in [0, 0.05) is 6.04 Å². The van der Waals surface area contributed by atoms with Gasteiger partial charge in [0.25, 0.3) is 0 Å². The zero-order chi connectivity index (χ0) is 17.4. The smallest absolute Gasteiger partial charge is 0.198 e. The van der Waals surface area contributed by atoms with E-state index in [1.54, 1.807) is 18.2 Å². The van der Waals surface area contributed by atoms with Gasteiger partial charge >= 0.3 is 0 Å². The van der Waals surface area contributed by atoms with E-state index < -0.39 is 5.82 Å². The van der Waals surface area contributed by atoms with Crippen LogP contribution in [0.25, 0.3) is 11.4 Å². The summed E-state index contributed by atoms with van der Waals surface area (Å²) in [7, 11) is 0. The molecular formula is C17H15F2N5S. The lowest BCUT2D eigenvalue weighted by Crippen LogP contribution is -2.02. The minimum atomic E-state index is -0.437. The Labute approximate surface area is 147 Å². The van der Waals surface area contributed by atoms with Gasteiger partial charge in [0.05, 0.1) is 11.3 Å². The van der Waals surface area contributed by atoms with E-state index in [-0.39, 0.29) is 16.9 Å². The van der Waals surface area contributed by atoms with Crippen molar-refractivity contribution in [3.8, 4) is 11.4 Å². The molecule has 0 atom stereocenters. The summed E-state index contributed by atoms with van der Waals surface area (Å²) in [4.78, 5) is 7.97. The number of aromatic nitrogens is 5. The van der Waals surface area contributed by atoms with Gasteiger partial charge in [0.2, 0.25) is 0 Å². The Kier molecular flexibility index (Phi) is 4.20. The van der Waals surface area contributed by atoms with Crippen molar-refractivity contribution in [1.82, 2.24) is 24.7 Å². The molecule has 0 saturated heterocycles. The number of hydrogen-bond donors (Lipinski definition) is 0. The van der Waals surface area contributed by atoms with Crippen LogP contribution in [0.1, 0.15) is 31.5 Å². The Bertz CT molecular complexity index is 923. The fourth-order valence-corrected chi connectivity index (χ4v) is 3.52. The molecule has 8 heteroatoms. The van der Waals surface area contributed by atoms with Crippen LogP contribution in [0.15, 0.2) is 40.8 Å². The average molecular weight is 359 g/mol. The van der Waals surface area contributed by atoms with Crippen molar-refractivity contribution < 1.29 is 8.78 Å². The first-order chi connectivity index (χ1) is 12.2. The summed E-state index contributed by atoms with van der Waals surface area (Å²) in [5.74, 6) is -0.323. The molecule has 0 bridgehead atoms.